The molecule has 2 aliphatic heterocycles. The van der Waals surface area contributed by atoms with Gasteiger partial charge in [-0.3, -0.25) is 14.7 Å². The topological polar surface area (TPSA) is 98.8 Å². The zero-order valence-corrected chi connectivity index (χ0v) is 15.6. The van der Waals surface area contributed by atoms with Gasteiger partial charge in [-0.05, 0) is 43.2 Å². The van der Waals surface area contributed by atoms with Crippen LogP contribution < -0.4 is 0 Å². The van der Waals surface area contributed by atoms with E-state index in [4.69, 9.17) is 4.74 Å². The van der Waals surface area contributed by atoms with Crippen molar-refractivity contribution in [2.45, 2.75) is 12.8 Å². The van der Waals surface area contributed by atoms with E-state index in [2.05, 4.69) is 10.2 Å². The van der Waals surface area contributed by atoms with Crippen molar-refractivity contribution in [3.8, 4) is 17.0 Å². The molecule has 0 saturated carbocycles. The maximum atomic E-state index is 12.9. The molecule has 2 amide bonds. The first kappa shape index (κ1) is 18.5. The molecule has 1 atom stereocenters. The fourth-order valence-corrected chi connectivity index (χ4v) is 3.79. The van der Waals surface area contributed by atoms with Crippen LogP contribution in [0.4, 0.5) is 0 Å². The van der Waals surface area contributed by atoms with Gasteiger partial charge in [0.25, 0.3) is 5.91 Å². The molecule has 2 aromatic rings. The third-order valence-corrected chi connectivity index (χ3v) is 5.35. The fraction of sp³-hybridized carbons (Fsp3) is 0.450. The van der Waals surface area contributed by atoms with Gasteiger partial charge in [0.2, 0.25) is 5.91 Å². The Morgan fingerprint density at radius 2 is 1.86 bits per heavy atom. The number of likely N-dealkylation sites (tertiary alicyclic amines) is 1. The van der Waals surface area contributed by atoms with Crippen LogP contribution in [0.3, 0.4) is 0 Å². The first-order chi connectivity index (χ1) is 13.6. The number of rotatable bonds is 3. The number of carbonyl (C=O) groups is 2. The number of benzene rings is 1. The van der Waals surface area contributed by atoms with Gasteiger partial charge in [0, 0.05) is 31.7 Å². The summed E-state index contributed by atoms with van der Waals surface area (Å²) in [6.45, 7) is 3.48. The van der Waals surface area contributed by atoms with E-state index in [0.29, 0.717) is 50.8 Å². The number of nitrogens with one attached hydrogen (secondary N) is 1. The second-order valence-corrected chi connectivity index (χ2v) is 7.24. The van der Waals surface area contributed by atoms with Gasteiger partial charge >= 0.3 is 0 Å². The molecule has 148 valence electrons. The van der Waals surface area contributed by atoms with Crippen LogP contribution in [0.5, 0.6) is 5.75 Å². The van der Waals surface area contributed by atoms with Gasteiger partial charge in [0.1, 0.15) is 11.4 Å². The average Bonchev–Trinajstić information content (AvgIpc) is 3.24. The molecule has 0 radical (unpaired) electrons. The number of hydrogen-bond donors (Lipinski definition) is 2. The molecule has 1 aromatic heterocycles. The molecule has 8 nitrogen and oxygen atoms in total. The Balaban J connectivity index is 1.43. The summed E-state index contributed by atoms with van der Waals surface area (Å²) < 4.78 is 5.32. The first-order valence-electron chi connectivity index (χ1n) is 9.62. The molecule has 1 aromatic carbocycles. The number of aromatic hydroxyl groups is 1. The molecule has 4 rings (SSSR count). The molecule has 28 heavy (non-hydrogen) atoms. The van der Waals surface area contributed by atoms with E-state index in [9.17, 15) is 14.7 Å². The SMILES string of the molecule is O=C(c1cc(-c2ccc(O)cc2)n[nH]1)N1CCCC(C(=O)N2CCOCC2)C1. The number of carbonyl (C=O) groups excluding carboxylic acids is 2. The van der Waals surface area contributed by atoms with Gasteiger partial charge in [-0.1, -0.05) is 0 Å². The second kappa shape index (κ2) is 8.02. The largest absolute Gasteiger partial charge is 0.508 e. The number of aromatic nitrogens is 2. The monoisotopic (exact) mass is 384 g/mol. The van der Waals surface area contributed by atoms with Crippen LogP contribution in [-0.2, 0) is 9.53 Å². The number of nitrogens with zero attached hydrogens (tertiary/aromatic N) is 3. The Labute approximate surface area is 163 Å². The zero-order chi connectivity index (χ0) is 19.5. The predicted octanol–water partition coefficient (Wildman–Crippen LogP) is 1.49. The van der Waals surface area contributed by atoms with E-state index in [-0.39, 0.29) is 23.5 Å². The number of phenolic OH excluding ortho intramolecular Hbond substituents is 1. The van der Waals surface area contributed by atoms with Crippen molar-refractivity contribution in [1.29, 1.82) is 0 Å². The Morgan fingerprint density at radius 3 is 2.61 bits per heavy atom. The van der Waals surface area contributed by atoms with Crippen molar-refractivity contribution in [2.24, 2.45) is 5.92 Å². The molecule has 8 heteroatoms. The van der Waals surface area contributed by atoms with Crippen LogP contribution in [0.1, 0.15) is 23.3 Å². The minimum atomic E-state index is -0.157. The maximum absolute atomic E-state index is 12.9. The quantitative estimate of drug-likeness (QED) is 0.835. The highest BCUT2D eigenvalue weighted by molar-refractivity contribution is 5.94. The number of hydrogen-bond acceptors (Lipinski definition) is 5. The van der Waals surface area contributed by atoms with Gasteiger partial charge in [0.05, 0.1) is 24.8 Å². The summed E-state index contributed by atoms with van der Waals surface area (Å²) in [5.41, 5.74) is 1.86. The van der Waals surface area contributed by atoms with Crippen molar-refractivity contribution >= 4 is 11.8 Å². The smallest absolute Gasteiger partial charge is 0.271 e. The normalized spacial score (nSPS) is 20.2. The van der Waals surface area contributed by atoms with E-state index in [1.165, 1.54) is 0 Å². The maximum Gasteiger partial charge on any atom is 0.271 e. The number of H-pyrrole nitrogens is 1. The van der Waals surface area contributed by atoms with Gasteiger partial charge in [0.15, 0.2) is 0 Å². The molecule has 2 fully saturated rings. The molecule has 2 N–H and O–H groups in total. The lowest BCUT2D eigenvalue weighted by Gasteiger charge is -2.36. The molecule has 0 bridgehead atoms. The summed E-state index contributed by atoms with van der Waals surface area (Å²) >= 11 is 0. The number of aromatic amines is 1. The Bertz CT molecular complexity index is 842. The zero-order valence-electron chi connectivity index (χ0n) is 15.6. The van der Waals surface area contributed by atoms with E-state index in [0.717, 1.165) is 18.4 Å². The van der Waals surface area contributed by atoms with Crippen LogP contribution in [0.25, 0.3) is 11.3 Å². The van der Waals surface area contributed by atoms with Crippen LogP contribution in [0, 0.1) is 5.92 Å². The molecule has 2 aliphatic rings. The summed E-state index contributed by atoms with van der Waals surface area (Å²) in [7, 11) is 0. The predicted molar refractivity (Wildman–Crippen MR) is 102 cm³/mol. The van der Waals surface area contributed by atoms with Crippen LogP contribution in [0.2, 0.25) is 0 Å². The molecule has 0 aliphatic carbocycles. The lowest BCUT2D eigenvalue weighted by Crippen LogP contribution is -2.49. The van der Waals surface area contributed by atoms with E-state index in [1.807, 2.05) is 4.90 Å². The molecule has 1 unspecified atom stereocenters. The number of amides is 2. The van der Waals surface area contributed by atoms with Gasteiger partial charge in [-0.15, -0.1) is 0 Å². The highest BCUT2D eigenvalue weighted by Crippen LogP contribution is 2.24. The van der Waals surface area contributed by atoms with Crippen LogP contribution in [-0.4, -0.2) is 76.3 Å². The number of morpholine rings is 1. The highest BCUT2D eigenvalue weighted by Gasteiger charge is 2.32. The Hall–Kier alpha value is -2.87. The molecule has 3 heterocycles. The standard InChI is InChI=1S/C20H24N4O4/c25-16-5-3-14(4-6-16)17-12-18(22-21-17)20(27)24-7-1-2-15(13-24)19(26)23-8-10-28-11-9-23/h3-6,12,15,25H,1-2,7-11,13H2,(H,21,22). The number of ether oxygens (including phenoxy) is 1. The van der Waals surface area contributed by atoms with Gasteiger partial charge in [-0.2, -0.15) is 5.10 Å². The highest BCUT2D eigenvalue weighted by atomic mass is 16.5. The van der Waals surface area contributed by atoms with Crippen molar-refractivity contribution in [2.75, 3.05) is 39.4 Å². The fourth-order valence-electron chi connectivity index (χ4n) is 3.79. The Kier molecular flexibility index (Phi) is 5.29. The lowest BCUT2D eigenvalue weighted by atomic mass is 9.96. The first-order valence-corrected chi connectivity index (χ1v) is 9.62. The van der Waals surface area contributed by atoms with Gasteiger partial charge < -0.3 is 19.6 Å². The average molecular weight is 384 g/mol. The number of phenols is 1. The molecular weight excluding hydrogens is 360 g/mol. The van der Waals surface area contributed by atoms with Crippen LogP contribution >= 0.6 is 0 Å². The third kappa shape index (κ3) is 3.87. The van der Waals surface area contributed by atoms with Crippen molar-refractivity contribution in [3.05, 3.63) is 36.0 Å². The van der Waals surface area contributed by atoms with Crippen molar-refractivity contribution in [3.63, 3.8) is 0 Å². The summed E-state index contributed by atoms with van der Waals surface area (Å²) in [6, 6.07) is 8.37. The van der Waals surface area contributed by atoms with E-state index < -0.39 is 0 Å². The van der Waals surface area contributed by atoms with Crippen LogP contribution in [0.15, 0.2) is 30.3 Å². The summed E-state index contributed by atoms with van der Waals surface area (Å²) in [4.78, 5) is 29.3. The molecular formula is C20H24N4O4. The third-order valence-electron chi connectivity index (χ3n) is 5.35. The minimum Gasteiger partial charge on any atom is -0.508 e. The second-order valence-electron chi connectivity index (χ2n) is 7.24. The van der Waals surface area contributed by atoms with Gasteiger partial charge in [-0.25, -0.2) is 0 Å². The molecule has 2 saturated heterocycles. The van der Waals surface area contributed by atoms with Crippen molar-refractivity contribution in [1.82, 2.24) is 20.0 Å². The van der Waals surface area contributed by atoms with E-state index in [1.54, 1.807) is 35.2 Å². The lowest BCUT2D eigenvalue weighted by molar-refractivity contribution is -0.141. The summed E-state index contributed by atoms with van der Waals surface area (Å²) in [5.74, 6) is 0.00219. The molecule has 0 spiro atoms. The summed E-state index contributed by atoms with van der Waals surface area (Å²) in [5, 5.41) is 16.4. The van der Waals surface area contributed by atoms with E-state index >= 15 is 0 Å². The van der Waals surface area contributed by atoms with Crippen molar-refractivity contribution < 1.29 is 19.4 Å². The Morgan fingerprint density at radius 1 is 1.11 bits per heavy atom. The summed E-state index contributed by atoms with van der Waals surface area (Å²) in [6.07, 6.45) is 1.62. The number of piperidine rings is 1. The minimum absolute atomic E-state index is 0.121.